The Labute approximate surface area is 103 Å². The van der Waals surface area contributed by atoms with E-state index < -0.39 is 0 Å². The van der Waals surface area contributed by atoms with E-state index in [1.165, 1.54) is 19.4 Å². The van der Waals surface area contributed by atoms with Crippen LogP contribution < -0.4 is 5.32 Å². The predicted molar refractivity (Wildman–Crippen MR) is 73.9 cm³/mol. The van der Waals surface area contributed by atoms with E-state index in [0.29, 0.717) is 17.5 Å². The zero-order chi connectivity index (χ0) is 12.8. The van der Waals surface area contributed by atoms with E-state index in [0.717, 1.165) is 6.54 Å². The zero-order valence-corrected chi connectivity index (χ0v) is 12.4. The lowest BCUT2D eigenvalue weighted by Crippen LogP contribution is -2.44. The molecular weight excluding hydrogens is 196 g/mol. The van der Waals surface area contributed by atoms with Crippen LogP contribution in [0.25, 0.3) is 0 Å². The van der Waals surface area contributed by atoms with Crippen LogP contribution in [0.1, 0.15) is 54.4 Å². The Hall–Kier alpha value is -0.0800. The minimum atomic E-state index is 0.391. The molecule has 0 heterocycles. The Morgan fingerprint density at radius 2 is 1.75 bits per heavy atom. The van der Waals surface area contributed by atoms with Crippen LogP contribution in [0, 0.1) is 5.41 Å². The van der Waals surface area contributed by atoms with Crippen molar-refractivity contribution < 1.29 is 0 Å². The van der Waals surface area contributed by atoms with Crippen molar-refractivity contribution in [3.63, 3.8) is 0 Å². The lowest BCUT2D eigenvalue weighted by atomic mass is 9.86. The van der Waals surface area contributed by atoms with Gasteiger partial charge in [-0.1, -0.05) is 34.6 Å². The van der Waals surface area contributed by atoms with Crippen molar-refractivity contribution in [1.82, 2.24) is 10.2 Å². The summed E-state index contributed by atoms with van der Waals surface area (Å²) in [7, 11) is 2.25. The molecule has 2 atom stereocenters. The second kappa shape index (κ2) is 7.29. The van der Waals surface area contributed by atoms with Gasteiger partial charge in [-0.25, -0.2) is 0 Å². The molecule has 16 heavy (non-hydrogen) atoms. The Kier molecular flexibility index (Phi) is 7.25. The minimum Gasteiger partial charge on any atom is -0.314 e. The maximum atomic E-state index is 3.57. The number of hydrogen-bond acceptors (Lipinski definition) is 2. The van der Waals surface area contributed by atoms with Gasteiger partial charge in [-0.3, -0.25) is 0 Å². The van der Waals surface area contributed by atoms with Crippen LogP contribution in [0.15, 0.2) is 0 Å². The first kappa shape index (κ1) is 15.9. The summed E-state index contributed by atoms with van der Waals surface area (Å²) in [6.07, 6.45) is 2.46. The molecular formula is C14H32N2. The normalized spacial score (nSPS) is 17.8. The van der Waals surface area contributed by atoms with E-state index in [2.05, 4.69) is 58.8 Å². The molecule has 0 aromatic rings. The van der Waals surface area contributed by atoms with Crippen LogP contribution >= 0.6 is 0 Å². The molecule has 2 heteroatoms. The fourth-order valence-corrected chi connectivity index (χ4v) is 1.81. The summed E-state index contributed by atoms with van der Waals surface area (Å²) in [5.74, 6) is 0. The monoisotopic (exact) mass is 228 g/mol. The Bertz CT molecular complexity index is 180. The molecule has 0 saturated carbocycles. The Morgan fingerprint density at radius 3 is 2.12 bits per heavy atom. The molecule has 0 aliphatic rings. The van der Waals surface area contributed by atoms with Gasteiger partial charge in [0, 0.05) is 25.2 Å². The fraction of sp³-hybridized carbons (Fsp3) is 1.00. The molecule has 0 rings (SSSR count). The van der Waals surface area contributed by atoms with Crippen molar-refractivity contribution in [2.75, 3.05) is 20.1 Å². The SMILES string of the molecule is CCC(C)N(C)CC(C)(CC)CNC(C)C. The molecule has 0 radical (unpaired) electrons. The van der Waals surface area contributed by atoms with Crippen molar-refractivity contribution in [2.45, 2.75) is 66.5 Å². The summed E-state index contributed by atoms with van der Waals surface area (Å²) in [4.78, 5) is 2.49. The van der Waals surface area contributed by atoms with Crippen molar-refractivity contribution in [3.05, 3.63) is 0 Å². The van der Waals surface area contributed by atoms with Crippen LogP contribution in [-0.4, -0.2) is 37.1 Å². The lowest BCUT2D eigenvalue weighted by molar-refractivity contribution is 0.143. The average molecular weight is 228 g/mol. The highest BCUT2D eigenvalue weighted by molar-refractivity contribution is 4.80. The number of rotatable bonds is 8. The van der Waals surface area contributed by atoms with E-state index in [-0.39, 0.29) is 0 Å². The summed E-state index contributed by atoms with van der Waals surface area (Å²) in [5.41, 5.74) is 0.391. The lowest BCUT2D eigenvalue weighted by Gasteiger charge is -2.36. The van der Waals surface area contributed by atoms with Gasteiger partial charge in [-0.15, -0.1) is 0 Å². The number of nitrogens with zero attached hydrogens (tertiary/aromatic N) is 1. The molecule has 0 bridgehead atoms. The Morgan fingerprint density at radius 1 is 1.19 bits per heavy atom. The third-order valence-corrected chi connectivity index (χ3v) is 3.77. The molecule has 1 N–H and O–H groups in total. The summed E-state index contributed by atoms with van der Waals surface area (Å²) < 4.78 is 0. The third kappa shape index (κ3) is 5.86. The van der Waals surface area contributed by atoms with E-state index in [1.807, 2.05) is 0 Å². The minimum absolute atomic E-state index is 0.391. The topological polar surface area (TPSA) is 15.3 Å². The highest BCUT2D eigenvalue weighted by Gasteiger charge is 2.25. The maximum absolute atomic E-state index is 3.57. The van der Waals surface area contributed by atoms with E-state index in [4.69, 9.17) is 0 Å². The molecule has 0 amide bonds. The van der Waals surface area contributed by atoms with Crippen LogP contribution in [0.5, 0.6) is 0 Å². The van der Waals surface area contributed by atoms with Gasteiger partial charge < -0.3 is 10.2 Å². The van der Waals surface area contributed by atoms with Crippen LogP contribution in [0.4, 0.5) is 0 Å². The maximum Gasteiger partial charge on any atom is 0.00614 e. The van der Waals surface area contributed by atoms with Crippen LogP contribution in [0.2, 0.25) is 0 Å². The molecule has 98 valence electrons. The van der Waals surface area contributed by atoms with Gasteiger partial charge in [0.15, 0.2) is 0 Å². The van der Waals surface area contributed by atoms with E-state index in [9.17, 15) is 0 Å². The Balaban J connectivity index is 4.24. The van der Waals surface area contributed by atoms with Gasteiger partial charge in [-0.05, 0) is 32.2 Å². The standard InChI is InChI=1S/C14H32N2/c1-8-13(5)16(7)11-14(6,9-2)10-15-12(3)4/h12-13,15H,8-11H2,1-7H3. The average Bonchev–Trinajstić information content (AvgIpc) is 2.25. The van der Waals surface area contributed by atoms with Gasteiger partial charge in [0.25, 0.3) is 0 Å². The quantitative estimate of drug-likeness (QED) is 0.686. The predicted octanol–water partition coefficient (Wildman–Crippen LogP) is 3.13. The van der Waals surface area contributed by atoms with Crippen molar-refractivity contribution in [2.24, 2.45) is 5.41 Å². The molecule has 0 aliphatic heterocycles. The van der Waals surface area contributed by atoms with Gasteiger partial charge in [0.05, 0.1) is 0 Å². The summed E-state index contributed by atoms with van der Waals surface area (Å²) in [6, 6.07) is 1.27. The first-order valence-electron chi connectivity index (χ1n) is 6.78. The second-order valence-electron chi connectivity index (χ2n) is 5.87. The summed E-state index contributed by atoms with van der Waals surface area (Å²) in [5, 5.41) is 3.57. The summed E-state index contributed by atoms with van der Waals surface area (Å²) in [6.45, 7) is 16.0. The first-order chi connectivity index (χ1) is 7.34. The van der Waals surface area contributed by atoms with Gasteiger partial charge in [0.2, 0.25) is 0 Å². The molecule has 2 unspecified atom stereocenters. The highest BCUT2D eigenvalue weighted by Crippen LogP contribution is 2.22. The van der Waals surface area contributed by atoms with Crippen LogP contribution in [-0.2, 0) is 0 Å². The summed E-state index contributed by atoms with van der Waals surface area (Å²) >= 11 is 0. The largest absolute Gasteiger partial charge is 0.314 e. The van der Waals surface area contributed by atoms with E-state index >= 15 is 0 Å². The first-order valence-corrected chi connectivity index (χ1v) is 6.78. The van der Waals surface area contributed by atoms with Gasteiger partial charge in [0.1, 0.15) is 0 Å². The molecule has 0 spiro atoms. The molecule has 0 fully saturated rings. The number of hydrogen-bond donors (Lipinski definition) is 1. The molecule has 0 aromatic carbocycles. The van der Waals surface area contributed by atoms with Gasteiger partial charge >= 0.3 is 0 Å². The molecule has 2 nitrogen and oxygen atoms in total. The van der Waals surface area contributed by atoms with Gasteiger partial charge in [-0.2, -0.15) is 0 Å². The third-order valence-electron chi connectivity index (χ3n) is 3.77. The van der Waals surface area contributed by atoms with Crippen LogP contribution in [0.3, 0.4) is 0 Å². The van der Waals surface area contributed by atoms with Crippen molar-refractivity contribution in [1.29, 1.82) is 0 Å². The fourth-order valence-electron chi connectivity index (χ4n) is 1.81. The van der Waals surface area contributed by atoms with Crippen molar-refractivity contribution in [3.8, 4) is 0 Å². The molecule has 0 aromatic heterocycles. The number of nitrogens with one attached hydrogen (secondary N) is 1. The molecule has 0 saturated heterocycles. The molecule has 0 aliphatic carbocycles. The smallest absolute Gasteiger partial charge is 0.00614 e. The van der Waals surface area contributed by atoms with E-state index in [1.54, 1.807) is 0 Å². The zero-order valence-electron chi connectivity index (χ0n) is 12.4. The van der Waals surface area contributed by atoms with Crippen molar-refractivity contribution >= 4 is 0 Å². The second-order valence-corrected chi connectivity index (χ2v) is 5.87. The highest BCUT2D eigenvalue weighted by atomic mass is 15.1.